The number of nitrogens with zero attached hydrogens (tertiary/aromatic N) is 1. The van der Waals surface area contributed by atoms with Gasteiger partial charge in [0.15, 0.2) is 0 Å². The predicted octanol–water partition coefficient (Wildman–Crippen LogP) is 3.51. The van der Waals surface area contributed by atoms with E-state index in [2.05, 4.69) is 13.8 Å². The summed E-state index contributed by atoms with van der Waals surface area (Å²) in [5.74, 6) is 1.32. The van der Waals surface area contributed by atoms with Gasteiger partial charge in [0.25, 0.3) is 0 Å². The Morgan fingerprint density at radius 1 is 1.20 bits per heavy atom. The Bertz CT molecular complexity index is 312. The van der Waals surface area contributed by atoms with E-state index in [1.54, 1.807) is 0 Å². The molecule has 0 radical (unpaired) electrons. The second-order valence-corrected chi connectivity index (χ2v) is 6.61. The first kappa shape index (κ1) is 17.4. The van der Waals surface area contributed by atoms with Gasteiger partial charge in [-0.15, -0.1) is 0 Å². The van der Waals surface area contributed by atoms with Gasteiger partial charge in [-0.2, -0.15) is 0 Å². The van der Waals surface area contributed by atoms with Crippen molar-refractivity contribution >= 4 is 23.1 Å². The van der Waals surface area contributed by atoms with Crippen molar-refractivity contribution in [1.29, 1.82) is 0 Å². The molecule has 0 aromatic rings. The molecule has 0 bridgehead atoms. The Morgan fingerprint density at radius 3 is 2.35 bits per heavy atom. The van der Waals surface area contributed by atoms with Crippen LogP contribution < -0.4 is 5.73 Å². The molecule has 0 aromatic carbocycles. The Hall–Kier alpha value is -0.640. The second kappa shape index (κ2) is 9.32. The molecule has 1 aliphatic rings. The Labute approximate surface area is 129 Å². The number of carbonyl (C=O) groups excluding carboxylic acids is 1. The van der Waals surface area contributed by atoms with Crippen molar-refractivity contribution in [2.24, 2.45) is 17.6 Å². The summed E-state index contributed by atoms with van der Waals surface area (Å²) in [5, 5.41) is 0. The van der Waals surface area contributed by atoms with Crippen molar-refractivity contribution in [2.45, 2.75) is 65.2 Å². The van der Waals surface area contributed by atoms with E-state index in [0.717, 1.165) is 31.7 Å². The molecule has 1 aliphatic carbocycles. The molecular weight excluding hydrogens is 268 g/mol. The summed E-state index contributed by atoms with van der Waals surface area (Å²) in [5.41, 5.74) is 5.61. The third kappa shape index (κ3) is 5.78. The van der Waals surface area contributed by atoms with Gasteiger partial charge in [0.05, 0.1) is 11.5 Å². The summed E-state index contributed by atoms with van der Waals surface area (Å²) in [6.07, 6.45) is 9.41. The largest absolute Gasteiger partial charge is 0.392 e. The van der Waals surface area contributed by atoms with Crippen LogP contribution in [0.4, 0.5) is 0 Å². The molecule has 4 heteroatoms. The summed E-state index contributed by atoms with van der Waals surface area (Å²) < 4.78 is 0. The molecule has 0 aliphatic heterocycles. The number of rotatable bonds is 8. The van der Waals surface area contributed by atoms with Crippen LogP contribution in [0.3, 0.4) is 0 Å². The first-order valence-corrected chi connectivity index (χ1v) is 8.56. The zero-order chi connectivity index (χ0) is 15.0. The highest BCUT2D eigenvalue weighted by atomic mass is 32.1. The monoisotopic (exact) mass is 298 g/mol. The summed E-state index contributed by atoms with van der Waals surface area (Å²) >= 11 is 4.96. The predicted molar refractivity (Wildman–Crippen MR) is 88.6 cm³/mol. The smallest absolute Gasteiger partial charge is 0.226 e. The van der Waals surface area contributed by atoms with E-state index in [1.807, 2.05) is 4.90 Å². The number of unbranched alkanes of at least 4 members (excludes halogenated alkanes) is 1. The zero-order valence-electron chi connectivity index (χ0n) is 13.1. The van der Waals surface area contributed by atoms with Crippen LogP contribution in [-0.2, 0) is 4.79 Å². The van der Waals surface area contributed by atoms with E-state index < -0.39 is 0 Å². The van der Waals surface area contributed by atoms with Gasteiger partial charge in [-0.05, 0) is 38.0 Å². The normalized spacial score (nSPS) is 22.5. The quantitative estimate of drug-likeness (QED) is 0.698. The second-order valence-electron chi connectivity index (χ2n) is 6.09. The Morgan fingerprint density at radius 2 is 1.85 bits per heavy atom. The Balaban J connectivity index is 2.44. The third-order valence-corrected chi connectivity index (χ3v) is 4.44. The lowest BCUT2D eigenvalue weighted by atomic mass is 9.79. The fourth-order valence-electron chi connectivity index (χ4n) is 3.17. The van der Waals surface area contributed by atoms with Gasteiger partial charge in [-0.1, -0.05) is 45.3 Å². The first-order chi connectivity index (χ1) is 9.58. The van der Waals surface area contributed by atoms with Gasteiger partial charge in [0.1, 0.15) is 0 Å². The molecule has 3 nitrogen and oxygen atoms in total. The number of nitrogens with two attached hydrogens (primary N) is 1. The molecule has 2 N–H and O–H groups in total. The summed E-state index contributed by atoms with van der Waals surface area (Å²) in [4.78, 5) is 14.8. The average molecular weight is 298 g/mol. The number of amides is 1. The van der Waals surface area contributed by atoms with Gasteiger partial charge >= 0.3 is 0 Å². The highest BCUT2D eigenvalue weighted by molar-refractivity contribution is 7.80. The van der Waals surface area contributed by atoms with Crippen molar-refractivity contribution < 1.29 is 4.79 Å². The van der Waals surface area contributed by atoms with Gasteiger partial charge in [-0.25, -0.2) is 0 Å². The van der Waals surface area contributed by atoms with E-state index in [0.29, 0.717) is 11.5 Å². The molecule has 1 amide bonds. The minimum atomic E-state index is 0.203. The van der Waals surface area contributed by atoms with Crippen LogP contribution >= 0.6 is 12.2 Å². The highest BCUT2D eigenvalue weighted by Gasteiger charge is 2.29. The summed E-state index contributed by atoms with van der Waals surface area (Å²) in [6.45, 7) is 5.54. The van der Waals surface area contributed by atoms with E-state index in [1.165, 1.54) is 32.1 Å². The van der Waals surface area contributed by atoms with Crippen LogP contribution in [0.1, 0.15) is 65.2 Å². The van der Waals surface area contributed by atoms with Crippen LogP contribution in [0.5, 0.6) is 0 Å². The molecule has 1 saturated carbocycles. The molecule has 0 atom stereocenters. The standard InChI is InChI=1S/C16H30N2OS/c1-3-5-6-13-7-9-14(10-8-13)16(19)18(11-4-2)12-15(17)20/h13-14H,3-12H2,1-2H3,(H2,17,20). The van der Waals surface area contributed by atoms with Crippen LogP contribution in [0.15, 0.2) is 0 Å². The van der Waals surface area contributed by atoms with Crippen LogP contribution in [0.2, 0.25) is 0 Å². The number of hydrogen-bond donors (Lipinski definition) is 1. The molecule has 0 aromatic heterocycles. The lowest BCUT2D eigenvalue weighted by Crippen LogP contribution is -2.42. The van der Waals surface area contributed by atoms with Crippen molar-refractivity contribution in [1.82, 2.24) is 4.90 Å². The zero-order valence-corrected chi connectivity index (χ0v) is 13.9. The molecule has 0 saturated heterocycles. The van der Waals surface area contributed by atoms with Crippen LogP contribution in [0.25, 0.3) is 0 Å². The van der Waals surface area contributed by atoms with E-state index in [9.17, 15) is 4.79 Å². The first-order valence-electron chi connectivity index (χ1n) is 8.15. The third-order valence-electron chi connectivity index (χ3n) is 4.31. The van der Waals surface area contributed by atoms with Crippen LogP contribution in [0, 0.1) is 11.8 Å². The lowest BCUT2D eigenvalue weighted by Gasteiger charge is -2.32. The van der Waals surface area contributed by atoms with E-state index in [-0.39, 0.29) is 11.8 Å². The maximum atomic E-state index is 12.6. The summed E-state index contributed by atoms with van der Waals surface area (Å²) in [7, 11) is 0. The topological polar surface area (TPSA) is 46.3 Å². The molecule has 116 valence electrons. The molecule has 0 unspecified atom stereocenters. The minimum absolute atomic E-state index is 0.203. The van der Waals surface area contributed by atoms with Crippen molar-refractivity contribution in [2.75, 3.05) is 13.1 Å². The molecular formula is C16H30N2OS. The Kier molecular flexibility index (Phi) is 8.12. The molecule has 0 heterocycles. The van der Waals surface area contributed by atoms with Crippen molar-refractivity contribution in [3.05, 3.63) is 0 Å². The molecule has 1 rings (SSSR count). The number of thiocarbonyl (C=S) groups is 1. The highest BCUT2D eigenvalue weighted by Crippen LogP contribution is 2.32. The average Bonchev–Trinajstić information content (AvgIpc) is 2.44. The molecule has 1 fully saturated rings. The van der Waals surface area contributed by atoms with Gasteiger partial charge in [0, 0.05) is 12.5 Å². The molecule has 20 heavy (non-hydrogen) atoms. The van der Waals surface area contributed by atoms with Crippen molar-refractivity contribution in [3.63, 3.8) is 0 Å². The fourth-order valence-corrected chi connectivity index (χ4v) is 3.33. The van der Waals surface area contributed by atoms with Gasteiger partial charge < -0.3 is 10.6 Å². The maximum Gasteiger partial charge on any atom is 0.226 e. The van der Waals surface area contributed by atoms with Gasteiger partial charge in [-0.3, -0.25) is 4.79 Å². The van der Waals surface area contributed by atoms with Gasteiger partial charge in [0.2, 0.25) is 5.91 Å². The molecule has 0 spiro atoms. The fraction of sp³-hybridized carbons (Fsp3) is 0.875. The number of hydrogen-bond acceptors (Lipinski definition) is 2. The lowest BCUT2D eigenvalue weighted by molar-refractivity contribution is -0.136. The van der Waals surface area contributed by atoms with E-state index >= 15 is 0 Å². The van der Waals surface area contributed by atoms with E-state index in [4.69, 9.17) is 18.0 Å². The van der Waals surface area contributed by atoms with Crippen molar-refractivity contribution in [3.8, 4) is 0 Å². The SMILES string of the molecule is CCCCC1CCC(C(=O)N(CCC)CC(N)=S)CC1. The number of carbonyl (C=O) groups is 1. The maximum absolute atomic E-state index is 12.6. The minimum Gasteiger partial charge on any atom is -0.392 e. The van der Waals surface area contributed by atoms with Crippen LogP contribution in [-0.4, -0.2) is 28.9 Å². The summed E-state index contributed by atoms with van der Waals surface area (Å²) in [6, 6.07) is 0.